The third kappa shape index (κ3) is 2.79. The average molecular weight is 322 g/mol. The molecule has 1 aliphatic heterocycles. The van der Waals surface area contributed by atoms with Gasteiger partial charge in [0.25, 0.3) is 0 Å². The van der Waals surface area contributed by atoms with Gasteiger partial charge < -0.3 is 10.2 Å². The van der Waals surface area contributed by atoms with Crippen molar-refractivity contribution in [2.45, 2.75) is 13.0 Å². The molecular weight excluding hydrogens is 306 g/mol. The lowest BCUT2D eigenvalue weighted by atomic mass is 10.2. The molecule has 3 rings (SSSR count). The Labute approximate surface area is 120 Å². The van der Waals surface area contributed by atoms with Crippen molar-refractivity contribution in [1.29, 1.82) is 0 Å². The van der Waals surface area contributed by atoms with Gasteiger partial charge in [0.1, 0.15) is 0 Å². The highest BCUT2D eigenvalue weighted by Gasteiger charge is 2.19. The Balaban J connectivity index is 1.81. The largest absolute Gasteiger partial charge is 0.337 e. The van der Waals surface area contributed by atoms with E-state index in [2.05, 4.69) is 48.3 Å². The fourth-order valence-corrected chi connectivity index (χ4v) is 2.51. The van der Waals surface area contributed by atoms with Gasteiger partial charge in [-0.25, -0.2) is 0 Å². The van der Waals surface area contributed by atoms with Crippen LogP contribution in [0.1, 0.15) is 6.92 Å². The quantitative estimate of drug-likeness (QED) is 0.888. The molecule has 1 fully saturated rings. The third-order valence-corrected chi connectivity index (χ3v) is 3.77. The van der Waals surface area contributed by atoms with E-state index in [4.69, 9.17) is 0 Å². The first kappa shape index (κ1) is 12.6. The molecule has 0 aliphatic carbocycles. The predicted molar refractivity (Wildman–Crippen MR) is 79.2 cm³/mol. The van der Waals surface area contributed by atoms with Gasteiger partial charge in [-0.3, -0.25) is 5.10 Å². The number of hydrogen-bond donors (Lipinski definition) is 2. The zero-order valence-corrected chi connectivity index (χ0v) is 12.3. The van der Waals surface area contributed by atoms with Gasteiger partial charge in [0, 0.05) is 35.7 Å². The SMILES string of the molecule is CC1CN(c2n[nH]c(-c3ccc(Br)cc3)n2)CCN1. The van der Waals surface area contributed by atoms with E-state index in [1.165, 1.54) is 0 Å². The van der Waals surface area contributed by atoms with Crippen LogP contribution in [0.15, 0.2) is 28.7 Å². The Bertz CT molecular complexity index is 550. The molecule has 1 aliphatic rings. The molecule has 19 heavy (non-hydrogen) atoms. The van der Waals surface area contributed by atoms with Crippen molar-refractivity contribution in [3.05, 3.63) is 28.7 Å². The molecule has 0 bridgehead atoms. The normalized spacial score (nSPS) is 19.7. The minimum absolute atomic E-state index is 0.475. The van der Waals surface area contributed by atoms with Crippen molar-refractivity contribution in [3.8, 4) is 11.4 Å². The number of aromatic amines is 1. The Kier molecular flexibility index (Phi) is 3.52. The fraction of sp³-hybridized carbons (Fsp3) is 0.385. The molecule has 1 unspecified atom stereocenters. The van der Waals surface area contributed by atoms with Crippen molar-refractivity contribution in [2.24, 2.45) is 0 Å². The number of benzene rings is 1. The van der Waals surface area contributed by atoms with E-state index < -0.39 is 0 Å². The monoisotopic (exact) mass is 321 g/mol. The smallest absolute Gasteiger partial charge is 0.245 e. The molecule has 100 valence electrons. The molecule has 0 spiro atoms. The van der Waals surface area contributed by atoms with E-state index in [-0.39, 0.29) is 0 Å². The van der Waals surface area contributed by atoms with Crippen molar-refractivity contribution in [3.63, 3.8) is 0 Å². The van der Waals surface area contributed by atoms with Gasteiger partial charge in [0.2, 0.25) is 5.95 Å². The van der Waals surface area contributed by atoms with Crippen LogP contribution in [0.25, 0.3) is 11.4 Å². The van der Waals surface area contributed by atoms with Crippen LogP contribution in [0.3, 0.4) is 0 Å². The van der Waals surface area contributed by atoms with Gasteiger partial charge in [-0.2, -0.15) is 4.98 Å². The third-order valence-electron chi connectivity index (χ3n) is 3.24. The maximum absolute atomic E-state index is 4.58. The zero-order chi connectivity index (χ0) is 13.2. The van der Waals surface area contributed by atoms with Crippen LogP contribution in [0.4, 0.5) is 5.95 Å². The minimum atomic E-state index is 0.475. The molecule has 2 N–H and O–H groups in total. The van der Waals surface area contributed by atoms with Crippen molar-refractivity contribution in [2.75, 3.05) is 24.5 Å². The van der Waals surface area contributed by atoms with Crippen LogP contribution >= 0.6 is 15.9 Å². The number of anilines is 1. The summed E-state index contributed by atoms with van der Waals surface area (Å²) < 4.78 is 1.06. The number of piperazine rings is 1. The maximum atomic E-state index is 4.58. The maximum Gasteiger partial charge on any atom is 0.245 e. The summed E-state index contributed by atoms with van der Waals surface area (Å²) in [6.45, 7) is 5.04. The Morgan fingerprint density at radius 3 is 2.84 bits per heavy atom. The number of hydrogen-bond acceptors (Lipinski definition) is 4. The topological polar surface area (TPSA) is 56.8 Å². The molecule has 0 amide bonds. The van der Waals surface area contributed by atoms with Gasteiger partial charge in [0.05, 0.1) is 0 Å². The summed E-state index contributed by atoms with van der Waals surface area (Å²) in [6, 6.07) is 8.53. The van der Waals surface area contributed by atoms with Crippen molar-refractivity contribution in [1.82, 2.24) is 20.5 Å². The standard InChI is InChI=1S/C13H16BrN5/c1-9-8-19(7-6-15-9)13-16-12(17-18-13)10-2-4-11(14)5-3-10/h2-5,9,15H,6-8H2,1H3,(H,16,17,18). The van der Waals surface area contributed by atoms with Gasteiger partial charge in [-0.05, 0) is 19.1 Å². The summed E-state index contributed by atoms with van der Waals surface area (Å²) in [6.07, 6.45) is 0. The number of nitrogens with one attached hydrogen (secondary N) is 2. The Hall–Kier alpha value is -1.40. The molecule has 1 atom stereocenters. The first-order valence-electron chi connectivity index (χ1n) is 6.39. The van der Waals surface area contributed by atoms with E-state index >= 15 is 0 Å². The second-order valence-electron chi connectivity index (χ2n) is 4.79. The summed E-state index contributed by atoms with van der Waals surface area (Å²) in [4.78, 5) is 6.79. The molecule has 1 aromatic carbocycles. The average Bonchev–Trinajstić information content (AvgIpc) is 2.89. The summed E-state index contributed by atoms with van der Waals surface area (Å²) in [5.74, 6) is 1.60. The van der Waals surface area contributed by atoms with E-state index in [0.29, 0.717) is 6.04 Å². The van der Waals surface area contributed by atoms with Crippen molar-refractivity contribution >= 4 is 21.9 Å². The molecule has 0 radical (unpaired) electrons. The first-order chi connectivity index (χ1) is 9.22. The Morgan fingerprint density at radius 2 is 2.11 bits per heavy atom. The summed E-state index contributed by atoms with van der Waals surface area (Å²) in [5.41, 5.74) is 1.05. The molecule has 2 aromatic rings. The summed E-state index contributed by atoms with van der Waals surface area (Å²) in [5, 5.41) is 10.8. The van der Waals surface area contributed by atoms with Crippen molar-refractivity contribution < 1.29 is 0 Å². The molecule has 0 saturated carbocycles. The van der Waals surface area contributed by atoms with E-state index in [0.717, 1.165) is 41.4 Å². The molecule has 2 heterocycles. The highest BCUT2D eigenvalue weighted by Crippen LogP contribution is 2.20. The highest BCUT2D eigenvalue weighted by atomic mass is 79.9. The number of nitrogens with zero attached hydrogens (tertiary/aromatic N) is 3. The van der Waals surface area contributed by atoms with Crippen LogP contribution in [0, 0.1) is 0 Å². The summed E-state index contributed by atoms with van der Waals surface area (Å²) >= 11 is 3.43. The fourth-order valence-electron chi connectivity index (χ4n) is 2.25. The van der Waals surface area contributed by atoms with Crippen LogP contribution < -0.4 is 10.2 Å². The molecule has 1 aromatic heterocycles. The van der Waals surface area contributed by atoms with Gasteiger partial charge in [-0.1, -0.05) is 28.1 Å². The second kappa shape index (κ2) is 5.30. The van der Waals surface area contributed by atoms with Crippen LogP contribution in [0.5, 0.6) is 0 Å². The molecular formula is C13H16BrN5. The number of H-pyrrole nitrogens is 1. The van der Waals surface area contributed by atoms with Crippen LogP contribution in [-0.4, -0.2) is 40.9 Å². The van der Waals surface area contributed by atoms with E-state index in [9.17, 15) is 0 Å². The highest BCUT2D eigenvalue weighted by molar-refractivity contribution is 9.10. The van der Waals surface area contributed by atoms with Gasteiger partial charge >= 0.3 is 0 Å². The van der Waals surface area contributed by atoms with Gasteiger partial charge in [-0.15, -0.1) is 5.10 Å². The lowest BCUT2D eigenvalue weighted by Crippen LogP contribution is -2.49. The second-order valence-corrected chi connectivity index (χ2v) is 5.71. The number of aromatic nitrogens is 3. The molecule has 1 saturated heterocycles. The number of rotatable bonds is 2. The Morgan fingerprint density at radius 1 is 1.32 bits per heavy atom. The molecule has 5 nitrogen and oxygen atoms in total. The van der Waals surface area contributed by atoms with E-state index in [1.54, 1.807) is 0 Å². The van der Waals surface area contributed by atoms with E-state index in [1.807, 2.05) is 24.3 Å². The minimum Gasteiger partial charge on any atom is -0.337 e. The zero-order valence-electron chi connectivity index (χ0n) is 10.7. The van der Waals surface area contributed by atoms with Crippen LogP contribution in [-0.2, 0) is 0 Å². The lowest BCUT2D eigenvalue weighted by Gasteiger charge is -2.30. The van der Waals surface area contributed by atoms with Gasteiger partial charge in [0.15, 0.2) is 5.82 Å². The summed E-state index contributed by atoms with van der Waals surface area (Å²) in [7, 11) is 0. The molecule has 6 heteroatoms. The first-order valence-corrected chi connectivity index (χ1v) is 7.18. The predicted octanol–water partition coefficient (Wildman–Crippen LogP) is 2.03. The lowest BCUT2D eigenvalue weighted by molar-refractivity contribution is 0.480. The van der Waals surface area contributed by atoms with Crippen LogP contribution in [0.2, 0.25) is 0 Å². The number of halogens is 1.